The molecule has 2 N–H and O–H groups in total. The van der Waals surface area contributed by atoms with E-state index in [1.54, 1.807) is 18.2 Å². The molecule has 0 aliphatic rings. The highest BCUT2D eigenvalue weighted by Gasteiger charge is 2.16. The van der Waals surface area contributed by atoms with E-state index in [4.69, 9.17) is 4.42 Å². The van der Waals surface area contributed by atoms with Gasteiger partial charge in [0.15, 0.2) is 5.13 Å². The van der Waals surface area contributed by atoms with Gasteiger partial charge < -0.3 is 9.73 Å². The second-order valence-electron chi connectivity index (χ2n) is 7.07. The lowest BCUT2D eigenvalue weighted by Gasteiger charge is -2.08. The molecule has 0 fully saturated rings. The van der Waals surface area contributed by atoms with Gasteiger partial charge in [0.05, 0.1) is 10.6 Å². The molecule has 2 heterocycles. The third kappa shape index (κ3) is 4.84. The quantitative estimate of drug-likeness (QED) is 0.428. The van der Waals surface area contributed by atoms with E-state index in [0.717, 1.165) is 33.6 Å². The molecular weight excluding hydrogens is 434 g/mol. The number of rotatable bonds is 7. The number of fused-ring (bicyclic) bond motifs is 1. The zero-order chi connectivity index (χ0) is 22.0. The Morgan fingerprint density at radius 2 is 1.87 bits per heavy atom. The van der Waals surface area contributed by atoms with Gasteiger partial charge in [0.25, 0.3) is 0 Å². The van der Waals surface area contributed by atoms with Crippen LogP contribution in [0.4, 0.5) is 5.13 Å². The first-order valence-electron chi connectivity index (χ1n) is 9.63. The summed E-state index contributed by atoms with van der Waals surface area (Å²) in [6.45, 7) is 3.71. The first kappa shape index (κ1) is 21.2. The van der Waals surface area contributed by atoms with Gasteiger partial charge >= 0.3 is 0 Å². The van der Waals surface area contributed by atoms with Crippen LogP contribution in [0.25, 0.3) is 22.0 Å². The van der Waals surface area contributed by atoms with Crippen molar-refractivity contribution in [2.45, 2.75) is 25.2 Å². The van der Waals surface area contributed by atoms with Crippen LogP contribution in [-0.2, 0) is 14.8 Å². The number of carbonyl (C=O) groups is 1. The summed E-state index contributed by atoms with van der Waals surface area (Å²) in [7, 11) is -3.71. The first-order chi connectivity index (χ1) is 14.8. The third-order valence-electron chi connectivity index (χ3n) is 4.74. The molecule has 0 bridgehead atoms. The SMILES string of the molecule is Cc1cc(-c2csc(NC(=O)CCNS(=O)(=O)c3ccc4ccccc4c3)n2)c(C)o1. The van der Waals surface area contributed by atoms with Gasteiger partial charge in [0, 0.05) is 23.9 Å². The molecule has 0 aliphatic carbocycles. The Bertz CT molecular complexity index is 1360. The minimum absolute atomic E-state index is 0.00836. The normalized spacial score (nSPS) is 11.7. The summed E-state index contributed by atoms with van der Waals surface area (Å²) in [6.07, 6.45) is -0.00836. The highest BCUT2D eigenvalue weighted by atomic mass is 32.2. The number of hydrogen-bond donors (Lipinski definition) is 2. The predicted molar refractivity (Wildman–Crippen MR) is 122 cm³/mol. The number of aromatic nitrogens is 1. The fourth-order valence-electron chi connectivity index (χ4n) is 3.24. The van der Waals surface area contributed by atoms with Crippen molar-refractivity contribution in [3.8, 4) is 11.3 Å². The molecule has 2 aromatic carbocycles. The van der Waals surface area contributed by atoms with Crippen LogP contribution in [0.15, 0.2) is 63.2 Å². The van der Waals surface area contributed by atoms with Crippen LogP contribution < -0.4 is 10.0 Å². The van der Waals surface area contributed by atoms with Gasteiger partial charge in [-0.2, -0.15) is 0 Å². The molecule has 0 aliphatic heterocycles. The Morgan fingerprint density at radius 1 is 1.10 bits per heavy atom. The molecule has 1 amide bonds. The second-order valence-corrected chi connectivity index (χ2v) is 9.69. The van der Waals surface area contributed by atoms with Crippen LogP contribution in [0.3, 0.4) is 0 Å². The van der Waals surface area contributed by atoms with Crippen LogP contribution >= 0.6 is 11.3 Å². The second kappa shape index (κ2) is 8.62. The number of anilines is 1. The van der Waals surface area contributed by atoms with Gasteiger partial charge in [-0.25, -0.2) is 18.1 Å². The number of furan rings is 1. The molecule has 4 aromatic rings. The number of benzene rings is 2. The maximum absolute atomic E-state index is 12.5. The lowest BCUT2D eigenvalue weighted by molar-refractivity contribution is -0.116. The minimum Gasteiger partial charge on any atom is -0.466 e. The maximum atomic E-state index is 12.5. The molecule has 0 atom stereocenters. The van der Waals surface area contributed by atoms with E-state index < -0.39 is 10.0 Å². The number of nitrogens with one attached hydrogen (secondary N) is 2. The van der Waals surface area contributed by atoms with Gasteiger partial charge in [0.1, 0.15) is 11.5 Å². The Hall–Kier alpha value is -3.01. The summed E-state index contributed by atoms with van der Waals surface area (Å²) < 4.78 is 33.1. The van der Waals surface area contributed by atoms with Crippen LogP contribution in [0.1, 0.15) is 17.9 Å². The van der Waals surface area contributed by atoms with Gasteiger partial charge in [-0.3, -0.25) is 4.79 Å². The fraction of sp³-hybridized carbons (Fsp3) is 0.182. The van der Waals surface area contributed by atoms with Crippen molar-refractivity contribution in [2.24, 2.45) is 0 Å². The van der Waals surface area contributed by atoms with E-state index in [1.165, 1.54) is 11.3 Å². The summed E-state index contributed by atoms with van der Waals surface area (Å²) in [5.41, 5.74) is 1.61. The van der Waals surface area contributed by atoms with Crippen molar-refractivity contribution < 1.29 is 17.6 Å². The average molecular weight is 456 g/mol. The number of nitrogens with zero attached hydrogens (tertiary/aromatic N) is 1. The van der Waals surface area contributed by atoms with E-state index in [0.29, 0.717) is 5.13 Å². The molecular formula is C22H21N3O4S2. The number of hydrogen-bond acceptors (Lipinski definition) is 6. The van der Waals surface area contributed by atoms with Gasteiger partial charge in [-0.05, 0) is 42.8 Å². The standard InChI is InChI=1S/C22H21N3O4S2/c1-14-11-19(15(2)29-14)20-13-30-22(24-20)25-21(26)9-10-23-31(27,28)18-8-7-16-5-3-4-6-17(16)12-18/h3-8,11-13,23H,9-10H2,1-2H3,(H,24,25,26). The molecule has 0 unspecified atom stereocenters. The molecule has 4 rings (SSSR count). The van der Waals surface area contributed by atoms with Gasteiger partial charge in [-0.1, -0.05) is 30.3 Å². The molecule has 160 valence electrons. The maximum Gasteiger partial charge on any atom is 0.240 e. The van der Waals surface area contributed by atoms with E-state index in [9.17, 15) is 13.2 Å². The van der Waals surface area contributed by atoms with Crippen molar-refractivity contribution >= 4 is 43.2 Å². The number of amides is 1. The van der Waals surface area contributed by atoms with E-state index in [2.05, 4.69) is 15.0 Å². The van der Waals surface area contributed by atoms with Crippen LogP contribution in [0.5, 0.6) is 0 Å². The Morgan fingerprint density at radius 3 is 2.61 bits per heavy atom. The van der Waals surface area contributed by atoms with Crippen molar-refractivity contribution in [3.05, 3.63) is 65.4 Å². The molecule has 0 spiro atoms. The highest BCUT2D eigenvalue weighted by Crippen LogP contribution is 2.29. The molecule has 31 heavy (non-hydrogen) atoms. The zero-order valence-electron chi connectivity index (χ0n) is 17.0. The molecule has 9 heteroatoms. The molecule has 0 radical (unpaired) electrons. The lowest BCUT2D eigenvalue weighted by atomic mass is 10.1. The predicted octanol–water partition coefficient (Wildman–Crippen LogP) is 4.48. The highest BCUT2D eigenvalue weighted by molar-refractivity contribution is 7.89. The Labute approximate surface area is 184 Å². The molecule has 7 nitrogen and oxygen atoms in total. The average Bonchev–Trinajstić information content (AvgIpc) is 3.32. The fourth-order valence-corrected chi connectivity index (χ4v) is 5.03. The van der Waals surface area contributed by atoms with E-state index in [-0.39, 0.29) is 23.8 Å². The van der Waals surface area contributed by atoms with E-state index >= 15 is 0 Å². The largest absolute Gasteiger partial charge is 0.466 e. The van der Waals surface area contributed by atoms with Crippen LogP contribution in [0.2, 0.25) is 0 Å². The Kier molecular flexibility index (Phi) is 5.90. The van der Waals surface area contributed by atoms with Gasteiger partial charge in [-0.15, -0.1) is 11.3 Å². The van der Waals surface area contributed by atoms with Crippen LogP contribution in [-0.4, -0.2) is 25.9 Å². The summed E-state index contributed by atoms with van der Waals surface area (Å²) in [5, 5.41) is 6.81. The van der Waals surface area contributed by atoms with E-state index in [1.807, 2.05) is 49.6 Å². The lowest BCUT2D eigenvalue weighted by Crippen LogP contribution is -2.27. The Balaban J connectivity index is 1.34. The number of sulfonamides is 1. The van der Waals surface area contributed by atoms with Crippen molar-refractivity contribution in [2.75, 3.05) is 11.9 Å². The first-order valence-corrected chi connectivity index (χ1v) is 12.0. The van der Waals surface area contributed by atoms with Crippen molar-refractivity contribution in [1.82, 2.24) is 9.71 Å². The van der Waals surface area contributed by atoms with Crippen LogP contribution in [0, 0.1) is 13.8 Å². The topological polar surface area (TPSA) is 101 Å². The summed E-state index contributed by atoms with van der Waals surface area (Å²) in [6, 6.07) is 14.4. The van der Waals surface area contributed by atoms with Crippen molar-refractivity contribution in [1.29, 1.82) is 0 Å². The summed E-state index contributed by atoms with van der Waals surface area (Å²) in [4.78, 5) is 16.8. The zero-order valence-corrected chi connectivity index (χ0v) is 18.6. The minimum atomic E-state index is -3.71. The summed E-state index contributed by atoms with van der Waals surface area (Å²) >= 11 is 1.30. The van der Waals surface area contributed by atoms with Crippen molar-refractivity contribution in [3.63, 3.8) is 0 Å². The number of carbonyl (C=O) groups excluding carboxylic acids is 1. The number of thiazole rings is 1. The van der Waals surface area contributed by atoms with Gasteiger partial charge in [0.2, 0.25) is 15.9 Å². The summed E-state index contributed by atoms with van der Waals surface area (Å²) in [5.74, 6) is 1.25. The monoisotopic (exact) mass is 455 g/mol. The third-order valence-corrected chi connectivity index (χ3v) is 6.96. The molecule has 0 saturated carbocycles. The molecule has 0 saturated heterocycles. The molecule has 2 aromatic heterocycles. The number of aryl methyl sites for hydroxylation is 2. The smallest absolute Gasteiger partial charge is 0.240 e.